The molecule has 1 aliphatic rings. The summed E-state index contributed by atoms with van der Waals surface area (Å²) in [7, 11) is -3.71. The number of carbonyl (C=O) groups is 1. The van der Waals surface area contributed by atoms with E-state index in [1.807, 2.05) is 0 Å². The van der Waals surface area contributed by atoms with Crippen molar-refractivity contribution in [3.8, 4) is 5.75 Å². The molecule has 162 valence electrons. The van der Waals surface area contributed by atoms with Crippen molar-refractivity contribution in [3.05, 3.63) is 53.0 Å². The molecule has 2 N–H and O–H groups in total. The van der Waals surface area contributed by atoms with Crippen molar-refractivity contribution < 1.29 is 22.7 Å². The second-order valence-electron chi connectivity index (χ2n) is 6.68. The summed E-state index contributed by atoms with van der Waals surface area (Å²) in [6.45, 7) is 4.37. The number of halogens is 1. The highest BCUT2D eigenvalue weighted by Gasteiger charge is 2.15. The second-order valence-corrected chi connectivity index (χ2v) is 9.27. The molecule has 1 saturated heterocycles. The molecule has 0 saturated carbocycles. The van der Waals surface area contributed by atoms with Crippen LogP contribution in [0.1, 0.15) is 0 Å². The Morgan fingerprint density at radius 3 is 2.40 bits per heavy atom. The molecule has 0 radical (unpaired) electrons. The van der Waals surface area contributed by atoms with Crippen LogP contribution in [0, 0.1) is 0 Å². The Bertz CT molecular complexity index is 930. The lowest BCUT2D eigenvalue weighted by molar-refractivity contribution is -0.123. The van der Waals surface area contributed by atoms with E-state index in [4.69, 9.17) is 9.47 Å². The molecule has 1 heterocycles. The van der Waals surface area contributed by atoms with Gasteiger partial charge in [0.2, 0.25) is 0 Å². The van der Waals surface area contributed by atoms with Gasteiger partial charge in [-0.05, 0) is 48.5 Å². The lowest BCUT2D eigenvalue weighted by Crippen LogP contribution is -2.42. The van der Waals surface area contributed by atoms with Crippen molar-refractivity contribution >= 4 is 37.5 Å². The number of nitrogens with one attached hydrogen (secondary N) is 2. The molecular formula is C20H24BrN3O5S. The van der Waals surface area contributed by atoms with E-state index in [2.05, 4.69) is 30.9 Å². The van der Waals surface area contributed by atoms with Crippen LogP contribution < -0.4 is 14.8 Å². The summed E-state index contributed by atoms with van der Waals surface area (Å²) in [6.07, 6.45) is 0. The highest BCUT2D eigenvalue weighted by atomic mass is 79.9. The van der Waals surface area contributed by atoms with E-state index in [0.29, 0.717) is 18.0 Å². The zero-order valence-corrected chi connectivity index (χ0v) is 18.7. The summed E-state index contributed by atoms with van der Waals surface area (Å²) in [4.78, 5) is 14.3. The fraction of sp³-hybridized carbons (Fsp3) is 0.350. The summed E-state index contributed by atoms with van der Waals surface area (Å²) in [5, 5.41) is 2.81. The van der Waals surface area contributed by atoms with Crippen LogP contribution >= 0.6 is 15.9 Å². The molecular weight excluding hydrogens is 474 g/mol. The molecule has 3 rings (SSSR count). The number of ether oxygens (including phenoxy) is 2. The Morgan fingerprint density at radius 1 is 1.07 bits per heavy atom. The first-order valence-corrected chi connectivity index (χ1v) is 11.8. The van der Waals surface area contributed by atoms with Crippen molar-refractivity contribution in [1.82, 2.24) is 10.2 Å². The Hall–Kier alpha value is -2.14. The Balaban J connectivity index is 1.44. The lowest BCUT2D eigenvalue weighted by Gasteiger charge is -2.26. The van der Waals surface area contributed by atoms with Crippen LogP contribution in [-0.4, -0.2) is 65.2 Å². The average molecular weight is 498 g/mol. The van der Waals surface area contributed by atoms with Gasteiger partial charge in [-0.3, -0.25) is 14.4 Å². The largest absolute Gasteiger partial charge is 0.484 e. The number of nitrogens with zero attached hydrogens (tertiary/aromatic N) is 1. The maximum Gasteiger partial charge on any atom is 0.261 e. The first kappa shape index (κ1) is 22.5. The molecule has 0 aliphatic carbocycles. The molecule has 1 amide bonds. The van der Waals surface area contributed by atoms with E-state index in [1.54, 1.807) is 24.3 Å². The zero-order valence-electron chi connectivity index (χ0n) is 16.3. The zero-order chi connectivity index (χ0) is 21.4. The first-order valence-electron chi connectivity index (χ1n) is 9.50. The van der Waals surface area contributed by atoms with Gasteiger partial charge in [0, 0.05) is 36.3 Å². The number of benzene rings is 2. The van der Waals surface area contributed by atoms with Gasteiger partial charge in [-0.2, -0.15) is 0 Å². The molecule has 0 atom stereocenters. The van der Waals surface area contributed by atoms with Gasteiger partial charge in [0.25, 0.3) is 15.9 Å². The van der Waals surface area contributed by atoms with Crippen LogP contribution in [0.25, 0.3) is 0 Å². The van der Waals surface area contributed by atoms with Gasteiger partial charge < -0.3 is 14.8 Å². The minimum absolute atomic E-state index is 0.104. The average Bonchev–Trinajstić information content (AvgIpc) is 2.75. The van der Waals surface area contributed by atoms with Gasteiger partial charge in [-0.15, -0.1) is 0 Å². The summed E-state index contributed by atoms with van der Waals surface area (Å²) in [6, 6.07) is 12.8. The molecule has 10 heteroatoms. The molecule has 0 unspecified atom stereocenters. The SMILES string of the molecule is O=C(COc1ccc(S(=O)(=O)Nc2ccc(Br)cc2)cc1)NCCN1CCOCC1. The van der Waals surface area contributed by atoms with Crippen LogP contribution in [0.3, 0.4) is 0 Å². The van der Waals surface area contributed by atoms with Crippen LogP contribution in [0.2, 0.25) is 0 Å². The fourth-order valence-electron chi connectivity index (χ4n) is 2.83. The third-order valence-corrected chi connectivity index (χ3v) is 6.38. The topological polar surface area (TPSA) is 97.0 Å². The molecule has 30 heavy (non-hydrogen) atoms. The Kier molecular flexibility index (Phi) is 8.08. The number of carbonyl (C=O) groups excluding carboxylic acids is 1. The maximum absolute atomic E-state index is 12.5. The molecule has 1 aliphatic heterocycles. The molecule has 8 nitrogen and oxygen atoms in total. The monoisotopic (exact) mass is 497 g/mol. The standard InChI is InChI=1S/C20H24BrN3O5S/c21-16-1-3-17(4-2-16)23-30(26,27)19-7-5-18(6-8-19)29-15-20(25)22-9-10-24-11-13-28-14-12-24/h1-8,23H,9-15H2,(H,22,25). The normalized spacial score (nSPS) is 14.8. The summed E-state index contributed by atoms with van der Waals surface area (Å²) in [5.74, 6) is 0.192. The first-order chi connectivity index (χ1) is 14.4. The van der Waals surface area contributed by atoms with E-state index in [0.717, 1.165) is 37.3 Å². The van der Waals surface area contributed by atoms with Gasteiger partial charge in [-0.25, -0.2) is 8.42 Å². The lowest BCUT2D eigenvalue weighted by atomic mass is 10.3. The fourth-order valence-corrected chi connectivity index (χ4v) is 4.15. The highest BCUT2D eigenvalue weighted by Crippen LogP contribution is 2.20. The van der Waals surface area contributed by atoms with E-state index in [-0.39, 0.29) is 17.4 Å². The molecule has 0 spiro atoms. The van der Waals surface area contributed by atoms with Gasteiger partial charge in [-0.1, -0.05) is 15.9 Å². The van der Waals surface area contributed by atoms with Crippen LogP contribution in [0.5, 0.6) is 5.75 Å². The van der Waals surface area contributed by atoms with Crippen molar-refractivity contribution in [3.63, 3.8) is 0 Å². The minimum atomic E-state index is -3.71. The smallest absolute Gasteiger partial charge is 0.261 e. The predicted octanol–water partition coefficient (Wildman–Crippen LogP) is 2.08. The van der Waals surface area contributed by atoms with Crippen molar-refractivity contribution in [2.24, 2.45) is 0 Å². The number of anilines is 1. The summed E-state index contributed by atoms with van der Waals surface area (Å²) < 4.78 is 39.0. The number of hydrogen-bond acceptors (Lipinski definition) is 6. The van der Waals surface area contributed by atoms with Crippen molar-refractivity contribution in [1.29, 1.82) is 0 Å². The molecule has 0 aromatic heterocycles. The molecule has 2 aromatic carbocycles. The number of rotatable bonds is 9. The number of sulfonamides is 1. The van der Waals surface area contributed by atoms with E-state index >= 15 is 0 Å². The van der Waals surface area contributed by atoms with E-state index in [9.17, 15) is 13.2 Å². The quantitative estimate of drug-likeness (QED) is 0.550. The van der Waals surface area contributed by atoms with Crippen LogP contribution in [0.4, 0.5) is 5.69 Å². The third-order valence-electron chi connectivity index (χ3n) is 4.45. The summed E-state index contributed by atoms with van der Waals surface area (Å²) >= 11 is 3.31. The molecule has 0 bridgehead atoms. The van der Waals surface area contributed by atoms with Gasteiger partial charge in [0.15, 0.2) is 6.61 Å². The maximum atomic E-state index is 12.5. The van der Waals surface area contributed by atoms with Crippen molar-refractivity contribution in [2.45, 2.75) is 4.90 Å². The van der Waals surface area contributed by atoms with Crippen LogP contribution in [0.15, 0.2) is 57.9 Å². The second kappa shape index (κ2) is 10.8. The van der Waals surface area contributed by atoms with E-state index in [1.165, 1.54) is 24.3 Å². The molecule has 2 aromatic rings. The van der Waals surface area contributed by atoms with Crippen LogP contribution in [-0.2, 0) is 19.6 Å². The number of amides is 1. The number of hydrogen-bond donors (Lipinski definition) is 2. The Morgan fingerprint density at radius 2 is 1.73 bits per heavy atom. The van der Waals surface area contributed by atoms with Gasteiger partial charge >= 0.3 is 0 Å². The third kappa shape index (κ3) is 6.98. The van der Waals surface area contributed by atoms with Gasteiger partial charge in [0.05, 0.1) is 18.1 Å². The number of morpholine rings is 1. The van der Waals surface area contributed by atoms with E-state index < -0.39 is 10.0 Å². The van der Waals surface area contributed by atoms with Gasteiger partial charge in [0.1, 0.15) is 5.75 Å². The Labute approximate surface area is 184 Å². The minimum Gasteiger partial charge on any atom is -0.484 e. The molecule has 1 fully saturated rings. The van der Waals surface area contributed by atoms with Crippen molar-refractivity contribution in [2.75, 3.05) is 50.7 Å². The predicted molar refractivity (Wildman–Crippen MR) is 117 cm³/mol. The highest BCUT2D eigenvalue weighted by molar-refractivity contribution is 9.10. The summed E-state index contributed by atoms with van der Waals surface area (Å²) in [5.41, 5.74) is 0.465.